The topological polar surface area (TPSA) is 83.8 Å². The number of benzene rings is 5. The molecule has 0 aliphatic rings. The largest absolute Gasteiger partial charge is 0.506 e. The number of phenols is 1. The first kappa shape index (κ1) is 22.8. The average molecular weight is 471 g/mol. The molecule has 0 fully saturated rings. The highest BCUT2D eigenvalue weighted by molar-refractivity contribution is 6.32. The minimum atomic E-state index is -1.12. The van der Waals surface area contributed by atoms with E-state index in [4.69, 9.17) is 21.4 Å². The van der Waals surface area contributed by atoms with Crippen LogP contribution in [0.1, 0.15) is 20.7 Å². The second-order valence-corrected chi connectivity index (χ2v) is 7.74. The third kappa shape index (κ3) is 4.85. The molecule has 0 unspecified atom stereocenters. The lowest BCUT2D eigenvalue weighted by atomic mass is 10.0. The number of halogens is 1. The molecule has 0 spiro atoms. The first-order chi connectivity index (χ1) is 16.5. The van der Waals surface area contributed by atoms with E-state index < -0.39 is 11.9 Å². The van der Waals surface area contributed by atoms with Crippen molar-refractivity contribution in [1.82, 2.24) is 0 Å². The zero-order chi connectivity index (χ0) is 24.1. The van der Waals surface area contributed by atoms with Gasteiger partial charge in [-0.15, -0.1) is 0 Å². The van der Waals surface area contributed by atoms with Crippen LogP contribution >= 0.6 is 11.6 Å². The first-order valence-corrected chi connectivity index (χ1v) is 10.7. The van der Waals surface area contributed by atoms with Crippen molar-refractivity contribution in [2.75, 3.05) is 0 Å². The summed E-state index contributed by atoms with van der Waals surface area (Å²) >= 11 is 6.00. The van der Waals surface area contributed by atoms with Crippen molar-refractivity contribution in [3.05, 3.63) is 119 Å². The number of para-hydroxylation sites is 1. The molecule has 0 saturated carbocycles. The number of carbonyl (C=O) groups excluding carboxylic acids is 1. The average Bonchev–Trinajstić information content (AvgIpc) is 2.85. The SMILES string of the molecule is O=C(O)c1ccc2ccccc2c1O.O=C(Oc1ccccc1Cl)c1cccc2ccccc12. The monoisotopic (exact) mass is 470 g/mol. The molecule has 5 nitrogen and oxygen atoms in total. The predicted octanol–water partition coefficient (Wildman–Crippen LogP) is 6.96. The third-order valence-corrected chi connectivity index (χ3v) is 5.49. The van der Waals surface area contributed by atoms with Crippen molar-refractivity contribution >= 4 is 45.1 Å². The summed E-state index contributed by atoms with van der Waals surface area (Å²) in [5, 5.41) is 22.1. The Balaban J connectivity index is 0.000000172. The number of hydrogen-bond donors (Lipinski definition) is 2. The summed E-state index contributed by atoms with van der Waals surface area (Å²) in [5.41, 5.74) is 0.465. The van der Waals surface area contributed by atoms with Crippen LogP contribution < -0.4 is 4.74 Å². The van der Waals surface area contributed by atoms with Crippen LogP contribution in [0.15, 0.2) is 103 Å². The summed E-state index contributed by atoms with van der Waals surface area (Å²) in [5.74, 6) is -1.33. The van der Waals surface area contributed by atoms with Crippen molar-refractivity contribution in [2.24, 2.45) is 0 Å². The summed E-state index contributed by atoms with van der Waals surface area (Å²) in [6, 6.07) is 30.4. The maximum absolute atomic E-state index is 12.3. The molecule has 2 N–H and O–H groups in total. The molecule has 0 aliphatic carbocycles. The van der Waals surface area contributed by atoms with Gasteiger partial charge in [0.2, 0.25) is 0 Å². The smallest absolute Gasteiger partial charge is 0.344 e. The van der Waals surface area contributed by atoms with Gasteiger partial charge < -0.3 is 14.9 Å². The minimum Gasteiger partial charge on any atom is -0.506 e. The number of carboxylic acids is 1. The molecule has 0 saturated heterocycles. The van der Waals surface area contributed by atoms with Crippen molar-refractivity contribution < 1.29 is 24.5 Å². The number of carboxylic acid groups (broad SMARTS) is 1. The quantitative estimate of drug-likeness (QED) is 0.220. The van der Waals surface area contributed by atoms with E-state index in [0.717, 1.165) is 16.2 Å². The lowest BCUT2D eigenvalue weighted by molar-refractivity contribution is 0.0691. The van der Waals surface area contributed by atoms with E-state index in [9.17, 15) is 14.7 Å². The van der Waals surface area contributed by atoms with Crippen molar-refractivity contribution in [3.63, 3.8) is 0 Å². The van der Waals surface area contributed by atoms with Gasteiger partial charge in [-0.25, -0.2) is 9.59 Å². The van der Waals surface area contributed by atoms with E-state index in [1.807, 2.05) is 48.5 Å². The number of esters is 1. The van der Waals surface area contributed by atoms with Gasteiger partial charge in [0, 0.05) is 5.39 Å². The molecule has 5 aromatic carbocycles. The van der Waals surface area contributed by atoms with Gasteiger partial charge in [0.15, 0.2) is 0 Å². The molecule has 168 valence electrons. The fourth-order valence-electron chi connectivity index (χ4n) is 3.51. The van der Waals surface area contributed by atoms with Gasteiger partial charge in [-0.1, -0.05) is 90.5 Å². The standard InChI is InChI=1S/C17H11ClO2.C11H8O3/c18-15-10-3-4-11-16(15)20-17(19)14-9-5-7-12-6-1-2-8-13(12)14;12-10-8-4-2-1-3-7(8)5-6-9(10)11(13)14/h1-11H;1-6,12H,(H,13,14). The molecule has 5 rings (SSSR count). The van der Waals surface area contributed by atoms with E-state index in [2.05, 4.69) is 0 Å². The fourth-order valence-corrected chi connectivity index (χ4v) is 3.69. The van der Waals surface area contributed by atoms with Gasteiger partial charge in [-0.2, -0.15) is 0 Å². The van der Waals surface area contributed by atoms with Gasteiger partial charge in [0.1, 0.15) is 17.1 Å². The Morgan fingerprint density at radius 2 is 1.24 bits per heavy atom. The Hall–Kier alpha value is -4.35. The zero-order valence-electron chi connectivity index (χ0n) is 17.8. The molecule has 0 radical (unpaired) electrons. The van der Waals surface area contributed by atoms with Crippen molar-refractivity contribution in [2.45, 2.75) is 0 Å². The van der Waals surface area contributed by atoms with Crippen molar-refractivity contribution in [3.8, 4) is 11.5 Å². The lowest BCUT2D eigenvalue weighted by Gasteiger charge is -2.08. The maximum atomic E-state index is 12.3. The van der Waals surface area contributed by atoms with Crippen LogP contribution in [0.5, 0.6) is 11.5 Å². The number of rotatable bonds is 3. The first-order valence-electron chi connectivity index (χ1n) is 10.3. The van der Waals surface area contributed by atoms with Gasteiger partial charge in [0.05, 0.1) is 10.6 Å². The molecule has 0 atom stereocenters. The summed E-state index contributed by atoms with van der Waals surface area (Å²) in [4.78, 5) is 23.0. The normalized spacial score (nSPS) is 10.4. The Labute approximate surface area is 200 Å². The molecule has 0 aromatic heterocycles. The highest BCUT2D eigenvalue weighted by Crippen LogP contribution is 2.28. The lowest BCUT2D eigenvalue weighted by Crippen LogP contribution is -2.09. The number of fused-ring (bicyclic) bond motifs is 2. The second-order valence-electron chi connectivity index (χ2n) is 7.33. The van der Waals surface area contributed by atoms with Gasteiger partial charge >= 0.3 is 11.9 Å². The van der Waals surface area contributed by atoms with E-state index in [1.165, 1.54) is 6.07 Å². The molecule has 0 bridgehead atoms. The van der Waals surface area contributed by atoms with Crippen LogP contribution in [0.25, 0.3) is 21.5 Å². The van der Waals surface area contributed by atoms with Crippen molar-refractivity contribution in [1.29, 1.82) is 0 Å². The van der Waals surface area contributed by atoms with Gasteiger partial charge in [-0.05, 0) is 40.4 Å². The highest BCUT2D eigenvalue weighted by atomic mass is 35.5. The number of ether oxygens (including phenoxy) is 1. The Kier molecular flexibility index (Phi) is 6.76. The molecular formula is C28H19ClO5. The Morgan fingerprint density at radius 3 is 1.94 bits per heavy atom. The molecule has 0 aliphatic heterocycles. The summed E-state index contributed by atoms with van der Waals surface area (Å²) in [6.45, 7) is 0. The van der Waals surface area contributed by atoms with Crippen LogP contribution in [-0.4, -0.2) is 22.2 Å². The summed E-state index contributed by atoms with van der Waals surface area (Å²) in [6.07, 6.45) is 0. The van der Waals surface area contributed by atoms with Crippen LogP contribution in [0.4, 0.5) is 0 Å². The molecule has 6 heteroatoms. The van der Waals surface area contributed by atoms with E-state index in [1.54, 1.807) is 48.5 Å². The minimum absolute atomic E-state index is 0.0660. The maximum Gasteiger partial charge on any atom is 0.344 e. The molecular weight excluding hydrogens is 452 g/mol. The number of aromatic carboxylic acids is 1. The Morgan fingerprint density at radius 1 is 0.647 bits per heavy atom. The van der Waals surface area contributed by atoms with Crippen LogP contribution in [-0.2, 0) is 0 Å². The zero-order valence-corrected chi connectivity index (χ0v) is 18.6. The summed E-state index contributed by atoms with van der Waals surface area (Å²) in [7, 11) is 0. The number of carbonyl (C=O) groups is 2. The fraction of sp³-hybridized carbons (Fsp3) is 0. The number of aromatic hydroxyl groups is 1. The molecule has 5 aromatic rings. The Bertz CT molecular complexity index is 1500. The molecule has 0 heterocycles. The van der Waals surface area contributed by atoms with E-state index >= 15 is 0 Å². The van der Waals surface area contributed by atoms with Gasteiger partial charge in [-0.3, -0.25) is 0 Å². The van der Waals surface area contributed by atoms with Crippen LogP contribution in [0.2, 0.25) is 5.02 Å². The van der Waals surface area contributed by atoms with Gasteiger partial charge in [0.25, 0.3) is 0 Å². The second kappa shape index (κ2) is 10.1. The third-order valence-electron chi connectivity index (χ3n) is 5.18. The van der Waals surface area contributed by atoms with E-state index in [-0.39, 0.29) is 11.3 Å². The number of hydrogen-bond acceptors (Lipinski definition) is 4. The van der Waals surface area contributed by atoms with Crippen LogP contribution in [0.3, 0.4) is 0 Å². The molecule has 0 amide bonds. The molecule has 34 heavy (non-hydrogen) atoms. The predicted molar refractivity (Wildman–Crippen MR) is 133 cm³/mol. The summed E-state index contributed by atoms with van der Waals surface area (Å²) < 4.78 is 5.37. The van der Waals surface area contributed by atoms with E-state index in [0.29, 0.717) is 21.7 Å². The highest BCUT2D eigenvalue weighted by Gasteiger charge is 2.14. The van der Waals surface area contributed by atoms with Crippen LogP contribution in [0, 0.1) is 0 Å².